The van der Waals surface area contributed by atoms with Gasteiger partial charge in [0.1, 0.15) is 0 Å². The van der Waals surface area contributed by atoms with E-state index in [1.165, 1.54) is 18.2 Å². The standard InChI is InChI=1S/C22H28N2O3/c1-27-22(26)20-9-7-19(8-10-20)15-23-12-13-24(21(17-23)11-14-25)16-18-5-3-2-4-6-18/h2-10,21,25H,11-17H2,1H3/t21-/m1/s1. The molecule has 2 aromatic carbocycles. The molecule has 0 aromatic heterocycles. The predicted molar refractivity (Wildman–Crippen MR) is 105 cm³/mol. The summed E-state index contributed by atoms with van der Waals surface area (Å²) in [6.45, 7) is 4.90. The summed E-state index contributed by atoms with van der Waals surface area (Å²) in [5, 5.41) is 9.50. The number of nitrogens with zero attached hydrogens (tertiary/aromatic N) is 2. The number of carbonyl (C=O) groups is 1. The molecule has 1 aliphatic heterocycles. The molecule has 1 atom stereocenters. The van der Waals surface area contributed by atoms with E-state index < -0.39 is 0 Å². The fourth-order valence-corrected chi connectivity index (χ4v) is 3.67. The van der Waals surface area contributed by atoms with E-state index in [0.717, 1.165) is 39.1 Å². The molecule has 0 spiro atoms. The molecule has 1 heterocycles. The molecular formula is C22H28N2O3. The van der Waals surface area contributed by atoms with Crippen molar-refractivity contribution >= 4 is 5.97 Å². The van der Waals surface area contributed by atoms with Gasteiger partial charge in [0.2, 0.25) is 0 Å². The Kier molecular flexibility index (Phi) is 6.98. The largest absolute Gasteiger partial charge is 0.465 e. The summed E-state index contributed by atoms with van der Waals surface area (Å²) in [5.74, 6) is -0.306. The molecule has 0 aliphatic carbocycles. The number of hydrogen-bond acceptors (Lipinski definition) is 5. The second-order valence-corrected chi connectivity index (χ2v) is 7.05. The Balaban J connectivity index is 1.59. The van der Waals surface area contributed by atoms with E-state index in [4.69, 9.17) is 4.74 Å². The minimum atomic E-state index is -0.306. The number of rotatable bonds is 7. The van der Waals surface area contributed by atoms with Crippen LogP contribution in [-0.4, -0.2) is 60.3 Å². The highest BCUT2D eigenvalue weighted by molar-refractivity contribution is 5.89. The fourth-order valence-electron chi connectivity index (χ4n) is 3.67. The zero-order valence-electron chi connectivity index (χ0n) is 15.9. The van der Waals surface area contributed by atoms with E-state index >= 15 is 0 Å². The summed E-state index contributed by atoms with van der Waals surface area (Å²) in [7, 11) is 1.40. The Morgan fingerprint density at radius 1 is 1.04 bits per heavy atom. The third-order valence-corrected chi connectivity index (χ3v) is 5.16. The number of hydrogen-bond donors (Lipinski definition) is 1. The predicted octanol–water partition coefficient (Wildman–Crippen LogP) is 2.54. The quantitative estimate of drug-likeness (QED) is 0.761. The lowest BCUT2D eigenvalue weighted by atomic mass is 10.1. The third-order valence-electron chi connectivity index (χ3n) is 5.16. The van der Waals surface area contributed by atoms with Crippen LogP contribution in [0, 0.1) is 0 Å². The molecule has 0 amide bonds. The Morgan fingerprint density at radius 2 is 1.74 bits per heavy atom. The number of ether oxygens (including phenoxy) is 1. The number of methoxy groups -OCH3 is 1. The van der Waals surface area contributed by atoms with E-state index in [1.807, 2.05) is 30.3 Å². The molecule has 0 radical (unpaired) electrons. The first-order valence-electron chi connectivity index (χ1n) is 9.48. The van der Waals surface area contributed by atoms with Crippen molar-refractivity contribution in [3.05, 3.63) is 71.3 Å². The minimum absolute atomic E-state index is 0.206. The lowest BCUT2D eigenvalue weighted by Crippen LogP contribution is -2.52. The lowest BCUT2D eigenvalue weighted by molar-refractivity contribution is 0.0500. The van der Waals surface area contributed by atoms with Crippen molar-refractivity contribution in [2.24, 2.45) is 0 Å². The fraction of sp³-hybridized carbons (Fsp3) is 0.409. The average Bonchev–Trinajstić information content (AvgIpc) is 2.71. The lowest BCUT2D eigenvalue weighted by Gasteiger charge is -2.41. The Bertz CT molecular complexity index is 718. The van der Waals surface area contributed by atoms with E-state index in [-0.39, 0.29) is 12.6 Å². The Labute approximate surface area is 161 Å². The molecule has 0 unspecified atom stereocenters. The van der Waals surface area contributed by atoms with Gasteiger partial charge in [-0.2, -0.15) is 0 Å². The van der Waals surface area contributed by atoms with Crippen molar-refractivity contribution < 1.29 is 14.6 Å². The van der Waals surface area contributed by atoms with Gasteiger partial charge in [0.25, 0.3) is 0 Å². The molecule has 5 heteroatoms. The van der Waals surface area contributed by atoms with Gasteiger partial charge in [-0.1, -0.05) is 42.5 Å². The van der Waals surface area contributed by atoms with Crippen LogP contribution in [0.3, 0.4) is 0 Å². The molecule has 0 saturated carbocycles. The molecular weight excluding hydrogens is 340 g/mol. The van der Waals surface area contributed by atoms with Gasteiger partial charge >= 0.3 is 5.97 Å². The number of esters is 1. The molecule has 1 aliphatic rings. The number of carbonyl (C=O) groups excluding carboxylic acids is 1. The van der Waals surface area contributed by atoms with Crippen LogP contribution in [0.1, 0.15) is 27.9 Å². The van der Waals surface area contributed by atoms with Crippen LogP contribution in [-0.2, 0) is 17.8 Å². The van der Waals surface area contributed by atoms with Crippen molar-refractivity contribution in [2.45, 2.75) is 25.6 Å². The second-order valence-electron chi connectivity index (χ2n) is 7.05. The van der Waals surface area contributed by atoms with E-state index in [2.05, 4.69) is 34.1 Å². The Morgan fingerprint density at radius 3 is 2.41 bits per heavy atom. The highest BCUT2D eigenvalue weighted by Crippen LogP contribution is 2.18. The van der Waals surface area contributed by atoms with Crippen LogP contribution in [0.15, 0.2) is 54.6 Å². The van der Waals surface area contributed by atoms with Crippen molar-refractivity contribution in [3.63, 3.8) is 0 Å². The summed E-state index contributed by atoms with van der Waals surface area (Å²) in [4.78, 5) is 16.5. The average molecular weight is 368 g/mol. The van der Waals surface area contributed by atoms with Crippen LogP contribution in [0.5, 0.6) is 0 Å². The smallest absolute Gasteiger partial charge is 0.337 e. The Hall–Kier alpha value is -2.21. The van der Waals surface area contributed by atoms with Crippen LogP contribution < -0.4 is 0 Å². The van der Waals surface area contributed by atoms with Crippen molar-refractivity contribution in [3.8, 4) is 0 Å². The van der Waals surface area contributed by atoms with Gasteiger partial charge < -0.3 is 9.84 Å². The molecule has 5 nitrogen and oxygen atoms in total. The highest BCUT2D eigenvalue weighted by atomic mass is 16.5. The molecule has 27 heavy (non-hydrogen) atoms. The number of piperazine rings is 1. The van der Waals surface area contributed by atoms with Crippen molar-refractivity contribution in [1.82, 2.24) is 9.80 Å². The van der Waals surface area contributed by atoms with Gasteiger partial charge in [-0.05, 0) is 29.7 Å². The van der Waals surface area contributed by atoms with Crippen LogP contribution >= 0.6 is 0 Å². The summed E-state index contributed by atoms with van der Waals surface area (Å²) < 4.78 is 4.75. The number of aliphatic hydroxyl groups is 1. The van der Waals surface area contributed by atoms with Crippen LogP contribution in [0.2, 0.25) is 0 Å². The maximum Gasteiger partial charge on any atom is 0.337 e. The molecule has 1 saturated heterocycles. The number of aliphatic hydroxyl groups excluding tert-OH is 1. The summed E-state index contributed by atoms with van der Waals surface area (Å²) in [6.07, 6.45) is 0.782. The number of benzene rings is 2. The topological polar surface area (TPSA) is 53.0 Å². The normalized spacial score (nSPS) is 18.4. The molecule has 144 valence electrons. The second kappa shape index (κ2) is 9.65. The molecule has 2 aromatic rings. The molecule has 1 fully saturated rings. The molecule has 3 rings (SSSR count). The first kappa shape index (κ1) is 19.5. The minimum Gasteiger partial charge on any atom is -0.465 e. The zero-order valence-corrected chi connectivity index (χ0v) is 15.9. The maximum absolute atomic E-state index is 11.6. The maximum atomic E-state index is 11.6. The third kappa shape index (κ3) is 5.39. The summed E-state index contributed by atoms with van der Waals surface area (Å²) in [5.41, 5.74) is 3.07. The first-order valence-corrected chi connectivity index (χ1v) is 9.48. The highest BCUT2D eigenvalue weighted by Gasteiger charge is 2.26. The van der Waals surface area contributed by atoms with Crippen molar-refractivity contribution in [1.29, 1.82) is 0 Å². The van der Waals surface area contributed by atoms with Gasteiger partial charge in [0, 0.05) is 45.4 Å². The monoisotopic (exact) mass is 368 g/mol. The van der Waals surface area contributed by atoms with E-state index in [9.17, 15) is 9.90 Å². The zero-order chi connectivity index (χ0) is 19.1. The van der Waals surface area contributed by atoms with Gasteiger partial charge in [-0.3, -0.25) is 9.80 Å². The van der Waals surface area contributed by atoms with Gasteiger partial charge in [0.05, 0.1) is 12.7 Å². The van der Waals surface area contributed by atoms with Crippen molar-refractivity contribution in [2.75, 3.05) is 33.4 Å². The summed E-state index contributed by atoms with van der Waals surface area (Å²) in [6, 6.07) is 18.5. The van der Waals surface area contributed by atoms with E-state index in [1.54, 1.807) is 0 Å². The van der Waals surface area contributed by atoms with Gasteiger partial charge in [0.15, 0.2) is 0 Å². The first-order chi connectivity index (χ1) is 13.2. The summed E-state index contributed by atoms with van der Waals surface area (Å²) >= 11 is 0. The van der Waals surface area contributed by atoms with Crippen LogP contribution in [0.4, 0.5) is 0 Å². The van der Waals surface area contributed by atoms with Crippen LogP contribution in [0.25, 0.3) is 0 Å². The van der Waals surface area contributed by atoms with Gasteiger partial charge in [-0.15, -0.1) is 0 Å². The van der Waals surface area contributed by atoms with Gasteiger partial charge in [-0.25, -0.2) is 4.79 Å². The molecule has 1 N–H and O–H groups in total. The molecule has 0 bridgehead atoms. The van der Waals surface area contributed by atoms with E-state index in [0.29, 0.717) is 11.6 Å². The SMILES string of the molecule is COC(=O)c1ccc(CN2CCN(Cc3ccccc3)[C@H](CCO)C2)cc1.